The Morgan fingerprint density at radius 1 is 1.23 bits per heavy atom. The maximum atomic E-state index is 11.7. The van der Waals surface area contributed by atoms with Crippen LogP contribution in [0.5, 0.6) is 5.75 Å². The number of rotatable bonds is 4. The van der Waals surface area contributed by atoms with Gasteiger partial charge in [0.15, 0.2) is 0 Å². The van der Waals surface area contributed by atoms with Crippen molar-refractivity contribution < 1.29 is 18.7 Å². The molecule has 0 spiro atoms. The number of hydrogen-bond donors (Lipinski definition) is 1. The number of benzene rings is 1. The van der Waals surface area contributed by atoms with E-state index in [2.05, 4.69) is 10.3 Å². The number of carbonyl (C=O) groups excluding carboxylic acids is 2. The fourth-order valence-corrected chi connectivity index (χ4v) is 3.37. The van der Waals surface area contributed by atoms with E-state index in [1.165, 1.54) is 0 Å². The number of amides is 2. The Bertz CT molecular complexity index is 1040. The average Bonchev–Trinajstić information content (AvgIpc) is 3.18. The first kappa shape index (κ1) is 16.4. The molecule has 0 atom stereocenters. The molecule has 1 aliphatic heterocycles. The number of nitrogens with one attached hydrogen (secondary N) is 1. The Hall–Kier alpha value is -3.06. The average molecular weight is 366 g/mol. The van der Waals surface area contributed by atoms with Crippen molar-refractivity contribution in [2.24, 2.45) is 0 Å². The molecule has 0 aliphatic carbocycles. The van der Waals surface area contributed by atoms with Crippen LogP contribution in [0, 0.1) is 0 Å². The molecule has 26 heavy (non-hydrogen) atoms. The molecule has 3 aromatic rings. The van der Waals surface area contributed by atoms with Crippen LogP contribution >= 0.6 is 11.8 Å². The van der Waals surface area contributed by atoms with Crippen molar-refractivity contribution in [3.8, 4) is 16.9 Å². The van der Waals surface area contributed by atoms with Gasteiger partial charge in [-0.25, -0.2) is 0 Å². The summed E-state index contributed by atoms with van der Waals surface area (Å²) < 4.78 is 11.4. The minimum absolute atomic E-state index is 0.310. The van der Waals surface area contributed by atoms with Crippen molar-refractivity contribution >= 4 is 40.0 Å². The predicted molar refractivity (Wildman–Crippen MR) is 99.7 cm³/mol. The fourth-order valence-electron chi connectivity index (χ4n) is 2.71. The Kier molecular flexibility index (Phi) is 4.22. The lowest BCUT2D eigenvalue weighted by Gasteiger charge is -2.05. The van der Waals surface area contributed by atoms with E-state index in [0.29, 0.717) is 22.9 Å². The molecule has 0 saturated carbocycles. The molecular formula is C19H14N2O4S. The van der Waals surface area contributed by atoms with Crippen LogP contribution < -0.4 is 10.1 Å². The predicted octanol–water partition coefficient (Wildman–Crippen LogP) is 4.22. The van der Waals surface area contributed by atoms with Gasteiger partial charge in [0.1, 0.15) is 17.1 Å². The number of imide groups is 1. The monoisotopic (exact) mass is 366 g/mol. The quantitative estimate of drug-likeness (QED) is 0.696. The number of nitrogens with zero attached hydrogens (tertiary/aromatic N) is 1. The molecule has 4 rings (SSSR count). The van der Waals surface area contributed by atoms with Crippen LogP contribution in [0.4, 0.5) is 4.79 Å². The third-order valence-corrected chi connectivity index (χ3v) is 4.64. The number of pyridine rings is 1. The lowest BCUT2D eigenvalue weighted by Crippen LogP contribution is -2.17. The zero-order valence-electron chi connectivity index (χ0n) is 13.8. The van der Waals surface area contributed by atoms with Gasteiger partial charge in [-0.05, 0) is 42.4 Å². The molecule has 0 unspecified atom stereocenters. The zero-order chi connectivity index (χ0) is 18.1. The second-order valence-corrected chi connectivity index (χ2v) is 6.58. The molecule has 7 heteroatoms. The van der Waals surface area contributed by atoms with E-state index in [9.17, 15) is 9.59 Å². The summed E-state index contributed by atoms with van der Waals surface area (Å²) in [5.74, 6) is 0.882. The molecule has 3 heterocycles. The van der Waals surface area contributed by atoms with E-state index >= 15 is 0 Å². The number of carbonyl (C=O) groups is 2. The van der Waals surface area contributed by atoms with Gasteiger partial charge in [-0.2, -0.15) is 0 Å². The highest BCUT2D eigenvalue weighted by Gasteiger charge is 2.25. The second kappa shape index (κ2) is 6.68. The summed E-state index contributed by atoms with van der Waals surface area (Å²) in [6.45, 7) is 2.55. The number of hydrogen-bond acceptors (Lipinski definition) is 6. The number of furan rings is 1. The number of thioether (sulfide) groups is 1. The molecule has 0 radical (unpaired) electrons. The van der Waals surface area contributed by atoms with Crippen LogP contribution in [0.15, 0.2) is 52.0 Å². The van der Waals surface area contributed by atoms with E-state index < -0.39 is 5.91 Å². The van der Waals surface area contributed by atoms with Gasteiger partial charge < -0.3 is 9.15 Å². The summed E-state index contributed by atoms with van der Waals surface area (Å²) in [6.07, 6.45) is 5.00. The van der Waals surface area contributed by atoms with Crippen molar-refractivity contribution in [1.82, 2.24) is 10.3 Å². The maximum absolute atomic E-state index is 11.7. The maximum Gasteiger partial charge on any atom is 0.290 e. The van der Waals surface area contributed by atoms with E-state index in [1.54, 1.807) is 24.5 Å². The first-order valence-corrected chi connectivity index (χ1v) is 8.81. The van der Waals surface area contributed by atoms with Crippen LogP contribution in [0.3, 0.4) is 0 Å². The topological polar surface area (TPSA) is 81.4 Å². The van der Waals surface area contributed by atoms with Crippen LogP contribution in [0.2, 0.25) is 0 Å². The standard InChI is InChI=1S/C19H14N2O4S/c1-2-24-13-5-3-11(4-6-13)15-10-20-9-12-7-14(25-17(12)15)8-16-18(22)21-19(23)26-16/h3-10H,2H2,1H3,(H,21,22,23)/b16-8-. The van der Waals surface area contributed by atoms with Crippen LogP contribution in [-0.4, -0.2) is 22.7 Å². The van der Waals surface area contributed by atoms with Gasteiger partial charge in [-0.1, -0.05) is 12.1 Å². The molecule has 1 N–H and O–H groups in total. The van der Waals surface area contributed by atoms with Crippen LogP contribution in [-0.2, 0) is 4.79 Å². The minimum Gasteiger partial charge on any atom is -0.494 e. The molecule has 1 fully saturated rings. The lowest BCUT2D eigenvalue weighted by molar-refractivity contribution is -0.115. The van der Waals surface area contributed by atoms with E-state index in [-0.39, 0.29) is 5.24 Å². The van der Waals surface area contributed by atoms with Crippen molar-refractivity contribution in [3.63, 3.8) is 0 Å². The largest absolute Gasteiger partial charge is 0.494 e. The molecule has 2 aromatic heterocycles. The summed E-state index contributed by atoms with van der Waals surface area (Å²) in [5, 5.41) is 2.66. The van der Waals surface area contributed by atoms with Crippen molar-refractivity contribution in [1.29, 1.82) is 0 Å². The van der Waals surface area contributed by atoms with E-state index in [0.717, 1.165) is 34.0 Å². The van der Waals surface area contributed by atoms with Crippen molar-refractivity contribution in [2.45, 2.75) is 6.92 Å². The normalized spacial score (nSPS) is 15.7. The second-order valence-electron chi connectivity index (χ2n) is 5.56. The molecule has 1 aromatic carbocycles. The third-order valence-electron chi connectivity index (χ3n) is 3.83. The highest BCUT2D eigenvalue weighted by atomic mass is 32.2. The first-order chi connectivity index (χ1) is 12.6. The summed E-state index contributed by atoms with van der Waals surface area (Å²) in [5.41, 5.74) is 2.46. The SMILES string of the molecule is CCOc1ccc(-c2cncc3cc(/C=C4\SC(=O)NC4=O)oc23)cc1. The van der Waals surface area contributed by atoms with Gasteiger partial charge in [0.25, 0.3) is 11.1 Å². The summed E-state index contributed by atoms with van der Waals surface area (Å²) in [6, 6.07) is 9.48. The highest BCUT2D eigenvalue weighted by molar-refractivity contribution is 8.18. The van der Waals surface area contributed by atoms with Gasteiger partial charge in [0.2, 0.25) is 0 Å². The van der Waals surface area contributed by atoms with E-state index in [4.69, 9.17) is 9.15 Å². The molecular weight excluding hydrogens is 352 g/mol. The Balaban J connectivity index is 1.73. The number of fused-ring (bicyclic) bond motifs is 1. The molecule has 1 aliphatic rings. The van der Waals surface area contributed by atoms with Gasteiger partial charge in [-0.15, -0.1) is 0 Å². The number of aromatic nitrogens is 1. The smallest absolute Gasteiger partial charge is 0.290 e. The van der Waals surface area contributed by atoms with E-state index in [1.807, 2.05) is 31.2 Å². The molecule has 2 amide bonds. The van der Waals surface area contributed by atoms with Gasteiger partial charge >= 0.3 is 0 Å². The van der Waals surface area contributed by atoms with Crippen molar-refractivity contribution in [3.05, 3.63) is 53.4 Å². The van der Waals surface area contributed by atoms with Gasteiger partial charge in [-0.3, -0.25) is 19.9 Å². The highest BCUT2D eigenvalue weighted by Crippen LogP contribution is 2.33. The van der Waals surface area contributed by atoms with Crippen LogP contribution in [0.1, 0.15) is 12.7 Å². The summed E-state index contributed by atoms with van der Waals surface area (Å²) >= 11 is 0.857. The molecule has 0 bridgehead atoms. The molecule has 1 saturated heterocycles. The summed E-state index contributed by atoms with van der Waals surface area (Å²) in [4.78, 5) is 27.5. The summed E-state index contributed by atoms with van der Waals surface area (Å²) in [7, 11) is 0. The lowest BCUT2D eigenvalue weighted by atomic mass is 10.1. The third kappa shape index (κ3) is 3.09. The van der Waals surface area contributed by atoms with Crippen LogP contribution in [0.25, 0.3) is 28.2 Å². The Morgan fingerprint density at radius 2 is 2.04 bits per heavy atom. The Morgan fingerprint density at radius 3 is 2.73 bits per heavy atom. The van der Waals surface area contributed by atoms with Crippen molar-refractivity contribution in [2.75, 3.05) is 6.61 Å². The fraction of sp³-hybridized carbons (Fsp3) is 0.105. The Labute approximate surface area is 153 Å². The molecule has 6 nitrogen and oxygen atoms in total. The van der Waals surface area contributed by atoms with Gasteiger partial charge in [0, 0.05) is 29.4 Å². The minimum atomic E-state index is -0.412. The van der Waals surface area contributed by atoms with Gasteiger partial charge in [0.05, 0.1) is 11.5 Å². The number of ether oxygens (including phenoxy) is 1. The molecule has 130 valence electrons. The first-order valence-electron chi connectivity index (χ1n) is 7.99. The zero-order valence-corrected chi connectivity index (χ0v) is 14.6.